The molecule has 0 N–H and O–H groups in total. The van der Waals surface area contributed by atoms with Gasteiger partial charge in [-0.1, -0.05) is 0 Å². The van der Waals surface area contributed by atoms with E-state index < -0.39 is 0 Å². The van der Waals surface area contributed by atoms with Crippen LogP contribution in [0, 0.1) is 0 Å². The van der Waals surface area contributed by atoms with Gasteiger partial charge in [-0.05, 0) is 0 Å². The van der Waals surface area contributed by atoms with Crippen molar-refractivity contribution in [2.24, 2.45) is 0 Å². The molecule has 0 bridgehead atoms. The summed E-state index contributed by atoms with van der Waals surface area (Å²) in [5.74, 6) is 0. The van der Waals surface area contributed by atoms with Crippen molar-refractivity contribution in [2.75, 3.05) is 0 Å². The topological polar surface area (TPSA) is 26.3 Å². The van der Waals surface area contributed by atoms with Crippen LogP contribution in [0.5, 0.6) is 5.06 Å². The van der Waals surface area contributed by atoms with Gasteiger partial charge in [0, 0.05) is 0 Å². The summed E-state index contributed by atoms with van der Waals surface area (Å²) >= 11 is 1.47. The third-order valence-electron chi connectivity index (χ3n) is 1.57. The van der Waals surface area contributed by atoms with E-state index in [-0.39, 0.29) is 0 Å². The predicted octanol–water partition coefficient (Wildman–Crippen LogP) is 2.24. The molecule has 0 aliphatic rings. The SMILES string of the molecule is O=BOc1cc2ccccc2s1. The Kier molecular flexibility index (Phi) is 1.92. The normalized spacial score (nSPS) is 9.67. The van der Waals surface area contributed by atoms with Gasteiger partial charge >= 0.3 is 73.5 Å². The fourth-order valence-electron chi connectivity index (χ4n) is 1.06. The van der Waals surface area contributed by atoms with Crippen molar-refractivity contribution < 1.29 is 9.36 Å². The molecule has 0 atom stereocenters. The molecule has 0 saturated carbocycles. The van der Waals surface area contributed by atoms with E-state index in [1.54, 1.807) is 0 Å². The molecule has 0 aliphatic heterocycles. The van der Waals surface area contributed by atoms with Crippen molar-refractivity contribution >= 4 is 28.8 Å². The van der Waals surface area contributed by atoms with Gasteiger partial charge in [0.25, 0.3) is 0 Å². The van der Waals surface area contributed by atoms with E-state index in [1.165, 1.54) is 11.3 Å². The average molecular weight is 176 g/mol. The van der Waals surface area contributed by atoms with Gasteiger partial charge in [-0.25, -0.2) is 0 Å². The van der Waals surface area contributed by atoms with Gasteiger partial charge in [0.2, 0.25) is 0 Å². The number of rotatable bonds is 2. The molecular formula is C8H5BO2S. The molecule has 0 amide bonds. The van der Waals surface area contributed by atoms with Crippen LogP contribution in [0.3, 0.4) is 0 Å². The molecule has 0 unspecified atom stereocenters. The van der Waals surface area contributed by atoms with Gasteiger partial charge in [0.05, 0.1) is 0 Å². The molecule has 12 heavy (non-hydrogen) atoms. The summed E-state index contributed by atoms with van der Waals surface area (Å²) in [4.78, 5) is 0. The van der Waals surface area contributed by atoms with E-state index in [4.69, 9.17) is 4.65 Å². The fourth-order valence-corrected chi connectivity index (χ4v) is 1.94. The molecule has 0 saturated heterocycles. The summed E-state index contributed by atoms with van der Waals surface area (Å²) < 4.78 is 15.9. The summed E-state index contributed by atoms with van der Waals surface area (Å²) in [6.07, 6.45) is 0. The quantitative estimate of drug-likeness (QED) is 0.655. The molecule has 58 valence electrons. The molecule has 0 radical (unpaired) electrons. The van der Waals surface area contributed by atoms with Gasteiger partial charge < -0.3 is 0 Å². The molecule has 2 nitrogen and oxygen atoms in total. The Bertz CT molecular complexity index is 377. The Morgan fingerprint density at radius 1 is 1.33 bits per heavy atom. The van der Waals surface area contributed by atoms with E-state index in [1.807, 2.05) is 30.3 Å². The summed E-state index contributed by atoms with van der Waals surface area (Å²) in [6.45, 7) is 0. The zero-order valence-electron chi connectivity index (χ0n) is 6.19. The van der Waals surface area contributed by atoms with Crippen LogP contribution < -0.4 is 4.65 Å². The van der Waals surface area contributed by atoms with Gasteiger partial charge in [0.15, 0.2) is 0 Å². The van der Waals surface area contributed by atoms with Crippen molar-refractivity contribution in [3.05, 3.63) is 30.3 Å². The molecule has 4 heteroatoms. The molecule has 0 spiro atoms. The van der Waals surface area contributed by atoms with Crippen LogP contribution in [0.15, 0.2) is 30.3 Å². The Labute approximate surface area is 74.1 Å². The van der Waals surface area contributed by atoms with Crippen LogP contribution in [-0.4, -0.2) is 7.35 Å². The standard InChI is InChI=1S/C8H5BO2S/c10-9-11-8-5-6-3-1-2-4-7(6)12-8/h1-5H. The zero-order chi connectivity index (χ0) is 8.39. The number of hydrogen-bond acceptors (Lipinski definition) is 3. The van der Waals surface area contributed by atoms with Crippen molar-refractivity contribution in [1.29, 1.82) is 0 Å². The van der Waals surface area contributed by atoms with E-state index in [2.05, 4.69) is 0 Å². The van der Waals surface area contributed by atoms with Crippen LogP contribution in [0.4, 0.5) is 0 Å². The predicted molar refractivity (Wildman–Crippen MR) is 48.9 cm³/mol. The van der Waals surface area contributed by atoms with Crippen LogP contribution in [0.25, 0.3) is 10.1 Å². The van der Waals surface area contributed by atoms with Gasteiger partial charge in [-0.2, -0.15) is 0 Å². The van der Waals surface area contributed by atoms with Crippen molar-refractivity contribution in [2.45, 2.75) is 0 Å². The van der Waals surface area contributed by atoms with Gasteiger partial charge in [-0.15, -0.1) is 0 Å². The molecule has 1 heterocycles. The summed E-state index contributed by atoms with van der Waals surface area (Å²) in [6, 6.07) is 9.76. The fraction of sp³-hybridized carbons (Fsp3) is 0. The second-order valence-corrected chi connectivity index (χ2v) is 3.36. The number of thiophene rings is 1. The first kappa shape index (κ1) is 7.49. The summed E-state index contributed by atoms with van der Waals surface area (Å²) in [5, 5.41) is 1.76. The Hall–Kier alpha value is -1.16. The summed E-state index contributed by atoms with van der Waals surface area (Å²) in [7, 11) is 0.449. The molecule has 1 aromatic carbocycles. The minimum absolute atomic E-state index is 0.449. The van der Waals surface area contributed by atoms with Crippen molar-refractivity contribution in [3.63, 3.8) is 0 Å². The van der Waals surface area contributed by atoms with Crippen LogP contribution in [0.2, 0.25) is 0 Å². The summed E-state index contributed by atoms with van der Waals surface area (Å²) in [5.41, 5.74) is 0. The van der Waals surface area contributed by atoms with Gasteiger partial charge in [-0.3, -0.25) is 0 Å². The molecule has 2 aromatic rings. The van der Waals surface area contributed by atoms with E-state index in [0.717, 1.165) is 10.1 Å². The first-order valence-corrected chi connectivity index (χ1v) is 4.30. The van der Waals surface area contributed by atoms with Crippen LogP contribution in [0.1, 0.15) is 0 Å². The van der Waals surface area contributed by atoms with Crippen LogP contribution in [-0.2, 0) is 4.70 Å². The molecule has 2 rings (SSSR count). The molecule has 0 fully saturated rings. The second-order valence-electron chi connectivity index (χ2n) is 2.32. The zero-order valence-corrected chi connectivity index (χ0v) is 7.01. The molecular weight excluding hydrogens is 171 g/mol. The molecule has 0 aliphatic carbocycles. The average Bonchev–Trinajstić information content (AvgIpc) is 2.47. The number of fused-ring (bicyclic) bond motifs is 1. The van der Waals surface area contributed by atoms with E-state index in [9.17, 15) is 4.70 Å². The van der Waals surface area contributed by atoms with Gasteiger partial charge in [0.1, 0.15) is 0 Å². The first-order valence-electron chi connectivity index (χ1n) is 3.49. The maximum atomic E-state index is 10.0. The van der Waals surface area contributed by atoms with E-state index >= 15 is 0 Å². The third kappa shape index (κ3) is 1.25. The first-order chi connectivity index (χ1) is 5.90. The Morgan fingerprint density at radius 3 is 2.92 bits per heavy atom. The minimum atomic E-state index is 0.449. The second kappa shape index (κ2) is 3.07. The maximum absolute atomic E-state index is 10.0. The third-order valence-corrected chi connectivity index (χ3v) is 2.57. The number of benzene rings is 1. The molecule has 1 aromatic heterocycles. The Balaban J connectivity index is 2.54. The number of hydrogen-bond donors (Lipinski definition) is 0. The Morgan fingerprint density at radius 2 is 2.17 bits per heavy atom. The van der Waals surface area contributed by atoms with E-state index in [0.29, 0.717) is 12.4 Å². The monoisotopic (exact) mass is 176 g/mol. The van der Waals surface area contributed by atoms with Crippen molar-refractivity contribution in [3.8, 4) is 5.06 Å². The van der Waals surface area contributed by atoms with Crippen LogP contribution >= 0.6 is 11.3 Å². The van der Waals surface area contributed by atoms with Crippen molar-refractivity contribution in [1.82, 2.24) is 0 Å².